The Kier molecular flexibility index (Phi) is 3.26. The first-order valence-electron chi connectivity index (χ1n) is 5.24. The van der Waals surface area contributed by atoms with Crippen molar-refractivity contribution in [1.82, 2.24) is 0 Å². The molecule has 0 amide bonds. The van der Waals surface area contributed by atoms with Gasteiger partial charge in [0, 0.05) is 5.02 Å². The third-order valence-corrected chi connectivity index (χ3v) is 3.21. The predicted molar refractivity (Wildman–Crippen MR) is 61.6 cm³/mol. The molecule has 0 heterocycles. The van der Waals surface area contributed by atoms with E-state index in [0.717, 1.165) is 17.4 Å². The molecule has 1 aliphatic rings. The van der Waals surface area contributed by atoms with Crippen LogP contribution in [-0.2, 0) is 6.42 Å². The summed E-state index contributed by atoms with van der Waals surface area (Å²) in [5, 5.41) is 0.919. The fourth-order valence-corrected chi connectivity index (χ4v) is 2.23. The summed E-state index contributed by atoms with van der Waals surface area (Å²) in [6, 6.07) is 8.18. The monoisotopic (exact) mass is 206 g/mol. The van der Waals surface area contributed by atoms with Crippen LogP contribution in [0.4, 0.5) is 0 Å². The van der Waals surface area contributed by atoms with Gasteiger partial charge in [0.2, 0.25) is 0 Å². The van der Waals surface area contributed by atoms with E-state index in [9.17, 15) is 0 Å². The Balaban J connectivity index is 2.03. The third kappa shape index (κ3) is 2.39. The van der Waals surface area contributed by atoms with Crippen molar-refractivity contribution in [1.29, 1.82) is 0 Å². The molecule has 0 fully saturated rings. The molecule has 0 spiro atoms. The Hall–Kier alpha value is -0.750. The number of allylic oxidation sites excluding steroid dienone is 2. The lowest BCUT2D eigenvalue weighted by molar-refractivity contribution is 0.477. The van der Waals surface area contributed by atoms with Gasteiger partial charge in [0.05, 0.1) is 0 Å². The quantitative estimate of drug-likeness (QED) is 0.635. The summed E-state index contributed by atoms with van der Waals surface area (Å²) in [5.74, 6) is 0.792. The van der Waals surface area contributed by atoms with Gasteiger partial charge in [-0.1, -0.05) is 42.0 Å². The highest BCUT2D eigenvalue weighted by molar-refractivity contribution is 6.31. The van der Waals surface area contributed by atoms with Crippen LogP contribution in [0, 0.1) is 5.92 Å². The van der Waals surface area contributed by atoms with Crippen LogP contribution in [-0.4, -0.2) is 0 Å². The molecule has 1 aliphatic carbocycles. The number of hydrogen-bond donors (Lipinski definition) is 0. The van der Waals surface area contributed by atoms with Crippen molar-refractivity contribution in [3.8, 4) is 0 Å². The molecule has 0 bridgehead atoms. The molecule has 1 aromatic carbocycles. The van der Waals surface area contributed by atoms with Gasteiger partial charge in [-0.2, -0.15) is 0 Å². The second-order valence-corrected chi connectivity index (χ2v) is 4.35. The molecule has 74 valence electrons. The minimum atomic E-state index is 0.792. The molecule has 1 aromatic rings. The van der Waals surface area contributed by atoms with Crippen LogP contribution in [0.5, 0.6) is 0 Å². The van der Waals surface area contributed by atoms with Gasteiger partial charge in [-0.15, -0.1) is 0 Å². The van der Waals surface area contributed by atoms with E-state index in [2.05, 4.69) is 24.3 Å². The molecule has 0 aliphatic heterocycles. The van der Waals surface area contributed by atoms with Crippen LogP contribution in [0.15, 0.2) is 36.4 Å². The van der Waals surface area contributed by atoms with Crippen LogP contribution in [0.1, 0.15) is 24.8 Å². The van der Waals surface area contributed by atoms with Crippen LogP contribution in [0.3, 0.4) is 0 Å². The molecule has 0 unspecified atom stereocenters. The summed E-state index contributed by atoms with van der Waals surface area (Å²) in [6.07, 6.45) is 9.46. The molecule has 1 heteroatoms. The standard InChI is InChI=1S/C13H15Cl/c14-13-9-5-4-8-12(13)10-11-6-2-1-3-7-11/h1-2,4-5,8-9,11H,3,6-7,10H2/t11-/m1/s1. The van der Waals surface area contributed by atoms with Crippen molar-refractivity contribution in [3.05, 3.63) is 47.0 Å². The van der Waals surface area contributed by atoms with Crippen LogP contribution >= 0.6 is 11.6 Å². The molecular weight excluding hydrogens is 192 g/mol. The summed E-state index contributed by atoms with van der Waals surface area (Å²) in [5.41, 5.74) is 1.30. The topological polar surface area (TPSA) is 0 Å². The smallest absolute Gasteiger partial charge is 0.0438 e. The molecule has 1 atom stereocenters. The first-order valence-corrected chi connectivity index (χ1v) is 5.62. The molecule has 0 saturated carbocycles. The third-order valence-electron chi connectivity index (χ3n) is 2.84. The predicted octanol–water partition coefficient (Wildman–Crippen LogP) is 4.24. The Morgan fingerprint density at radius 2 is 2.07 bits per heavy atom. The van der Waals surface area contributed by atoms with E-state index in [4.69, 9.17) is 11.6 Å². The van der Waals surface area contributed by atoms with Crippen molar-refractivity contribution >= 4 is 11.6 Å². The normalized spacial score (nSPS) is 21.1. The van der Waals surface area contributed by atoms with Gasteiger partial charge < -0.3 is 0 Å². The second-order valence-electron chi connectivity index (χ2n) is 3.95. The molecule has 0 nitrogen and oxygen atoms in total. The maximum atomic E-state index is 6.13. The summed E-state index contributed by atoms with van der Waals surface area (Å²) >= 11 is 6.13. The summed E-state index contributed by atoms with van der Waals surface area (Å²) in [4.78, 5) is 0. The van der Waals surface area contributed by atoms with Crippen LogP contribution in [0.2, 0.25) is 5.02 Å². The highest BCUT2D eigenvalue weighted by Crippen LogP contribution is 2.25. The maximum absolute atomic E-state index is 6.13. The molecule has 0 aromatic heterocycles. The zero-order valence-corrected chi connectivity index (χ0v) is 9.00. The van der Waals surface area contributed by atoms with Gasteiger partial charge in [-0.05, 0) is 43.2 Å². The average Bonchev–Trinajstić information content (AvgIpc) is 2.23. The minimum absolute atomic E-state index is 0.792. The van der Waals surface area contributed by atoms with E-state index in [1.165, 1.54) is 24.8 Å². The minimum Gasteiger partial charge on any atom is -0.0885 e. The van der Waals surface area contributed by atoms with Gasteiger partial charge in [0.15, 0.2) is 0 Å². The summed E-state index contributed by atoms with van der Waals surface area (Å²) < 4.78 is 0. The lowest BCUT2D eigenvalue weighted by atomic mass is 9.88. The van der Waals surface area contributed by atoms with Gasteiger partial charge in [-0.3, -0.25) is 0 Å². The van der Waals surface area contributed by atoms with Gasteiger partial charge in [0.25, 0.3) is 0 Å². The molecule has 0 radical (unpaired) electrons. The Labute approximate surface area is 90.6 Å². The Morgan fingerprint density at radius 3 is 2.79 bits per heavy atom. The van der Waals surface area contributed by atoms with E-state index in [1.54, 1.807) is 0 Å². The SMILES string of the molecule is Clc1ccccc1C[C@@H]1CC=CCC1. The molecule has 0 N–H and O–H groups in total. The van der Waals surface area contributed by atoms with Crippen molar-refractivity contribution in [3.63, 3.8) is 0 Å². The van der Waals surface area contributed by atoms with Crippen LogP contribution in [0.25, 0.3) is 0 Å². The zero-order valence-electron chi connectivity index (χ0n) is 8.25. The fraction of sp³-hybridized carbons (Fsp3) is 0.385. The lowest BCUT2D eigenvalue weighted by Crippen LogP contribution is -2.06. The average molecular weight is 207 g/mol. The highest BCUT2D eigenvalue weighted by Gasteiger charge is 2.11. The van der Waals surface area contributed by atoms with Crippen molar-refractivity contribution in [2.45, 2.75) is 25.7 Å². The maximum Gasteiger partial charge on any atom is 0.0438 e. The molecule has 2 rings (SSSR count). The number of benzene rings is 1. The van der Waals surface area contributed by atoms with Crippen molar-refractivity contribution < 1.29 is 0 Å². The van der Waals surface area contributed by atoms with E-state index < -0.39 is 0 Å². The van der Waals surface area contributed by atoms with Gasteiger partial charge in [-0.25, -0.2) is 0 Å². The van der Waals surface area contributed by atoms with E-state index in [0.29, 0.717) is 0 Å². The summed E-state index contributed by atoms with van der Waals surface area (Å²) in [7, 11) is 0. The number of rotatable bonds is 2. The lowest BCUT2D eigenvalue weighted by Gasteiger charge is -2.18. The van der Waals surface area contributed by atoms with Gasteiger partial charge >= 0.3 is 0 Å². The first kappa shape index (κ1) is 9.79. The summed E-state index contributed by atoms with van der Waals surface area (Å²) in [6.45, 7) is 0. The zero-order chi connectivity index (χ0) is 9.80. The Morgan fingerprint density at radius 1 is 1.21 bits per heavy atom. The number of hydrogen-bond acceptors (Lipinski definition) is 0. The first-order chi connectivity index (χ1) is 6.86. The van der Waals surface area contributed by atoms with Gasteiger partial charge in [0.1, 0.15) is 0 Å². The highest BCUT2D eigenvalue weighted by atomic mass is 35.5. The van der Waals surface area contributed by atoms with E-state index in [1.807, 2.05) is 12.1 Å². The fourth-order valence-electron chi connectivity index (χ4n) is 2.02. The molecule has 0 saturated heterocycles. The van der Waals surface area contributed by atoms with Crippen molar-refractivity contribution in [2.24, 2.45) is 5.92 Å². The van der Waals surface area contributed by atoms with E-state index >= 15 is 0 Å². The van der Waals surface area contributed by atoms with E-state index in [-0.39, 0.29) is 0 Å². The second kappa shape index (κ2) is 4.65. The Bertz CT molecular complexity index is 328. The van der Waals surface area contributed by atoms with Crippen LogP contribution < -0.4 is 0 Å². The largest absolute Gasteiger partial charge is 0.0885 e. The number of halogens is 1. The molecular formula is C13H15Cl. The molecule has 14 heavy (non-hydrogen) atoms. The van der Waals surface area contributed by atoms with Crippen molar-refractivity contribution in [2.75, 3.05) is 0 Å².